The van der Waals surface area contributed by atoms with Crippen molar-refractivity contribution < 1.29 is 14.0 Å². The van der Waals surface area contributed by atoms with E-state index in [4.69, 9.17) is 23.2 Å². The van der Waals surface area contributed by atoms with E-state index in [1.807, 2.05) is 0 Å². The molecule has 0 radical (unpaired) electrons. The number of anilines is 1. The summed E-state index contributed by atoms with van der Waals surface area (Å²) in [5.74, 6) is -1.42. The Kier molecular flexibility index (Phi) is 4.77. The molecular formula is C14H9Cl2FN2O2. The van der Waals surface area contributed by atoms with E-state index in [9.17, 15) is 14.0 Å². The van der Waals surface area contributed by atoms with Crippen LogP contribution in [0.25, 0.3) is 0 Å². The predicted molar refractivity (Wildman–Crippen MR) is 79.3 cm³/mol. The van der Waals surface area contributed by atoms with Gasteiger partial charge in [0.15, 0.2) is 0 Å². The highest BCUT2D eigenvalue weighted by Crippen LogP contribution is 2.17. The fourth-order valence-electron chi connectivity index (χ4n) is 1.54. The number of hydrogen-bond donors (Lipinski definition) is 2. The molecule has 0 spiro atoms. The van der Waals surface area contributed by atoms with E-state index >= 15 is 0 Å². The van der Waals surface area contributed by atoms with E-state index in [0.29, 0.717) is 10.7 Å². The van der Waals surface area contributed by atoms with Crippen LogP contribution in [0.2, 0.25) is 10.0 Å². The van der Waals surface area contributed by atoms with Gasteiger partial charge in [0.1, 0.15) is 5.82 Å². The topological polar surface area (TPSA) is 58.2 Å². The normalized spacial score (nSPS) is 10.0. The van der Waals surface area contributed by atoms with E-state index in [2.05, 4.69) is 10.6 Å². The van der Waals surface area contributed by atoms with Crippen molar-refractivity contribution in [3.63, 3.8) is 0 Å². The number of halogens is 3. The van der Waals surface area contributed by atoms with E-state index in [1.54, 1.807) is 24.3 Å². The van der Waals surface area contributed by atoms with Gasteiger partial charge in [-0.2, -0.15) is 0 Å². The minimum atomic E-state index is -0.800. The number of nitrogens with one attached hydrogen (secondary N) is 2. The molecule has 21 heavy (non-hydrogen) atoms. The Hall–Kier alpha value is -2.11. The Labute approximate surface area is 129 Å². The maximum absolute atomic E-state index is 13.1. The number of benzene rings is 2. The molecule has 0 aliphatic carbocycles. The third-order valence-corrected chi connectivity index (χ3v) is 3.08. The summed E-state index contributed by atoms with van der Waals surface area (Å²) in [7, 11) is 0. The molecule has 108 valence electrons. The molecule has 3 amide bonds. The maximum atomic E-state index is 13.1. The summed E-state index contributed by atoms with van der Waals surface area (Å²) in [6, 6.07) is 8.86. The van der Waals surface area contributed by atoms with Gasteiger partial charge < -0.3 is 5.32 Å². The van der Waals surface area contributed by atoms with Crippen molar-refractivity contribution in [2.75, 3.05) is 5.32 Å². The molecule has 4 nitrogen and oxygen atoms in total. The first-order chi connectivity index (χ1) is 9.95. The monoisotopic (exact) mass is 326 g/mol. The molecule has 0 unspecified atom stereocenters. The molecule has 0 aliphatic rings. The van der Waals surface area contributed by atoms with Gasteiger partial charge >= 0.3 is 6.03 Å². The Bertz CT molecular complexity index is 690. The van der Waals surface area contributed by atoms with Crippen LogP contribution < -0.4 is 10.6 Å². The highest BCUT2D eigenvalue weighted by atomic mass is 35.5. The van der Waals surface area contributed by atoms with E-state index in [0.717, 1.165) is 12.1 Å². The van der Waals surface area contributed by atoms with Crippen LogP contribution >= 0.6 is 23.2 Å². The minimum Gasteiger partial charge on any atom is -0.308 e. The van der Waals surface area contributed by atoms with Gasteiger partial charge in [0.2, 0.25) is 0 Å². The second-order valence-electron chi connectivity index (χ2n) is 4.04. The van der Waals surface area contributed by atoms with Gasteiger partial charge in [-0.15, -0.1) is 0 Å². The highest BCUT2D eigenvalue weighted by Gasteiger charge is 2.14. The quantitative estimate of drug-likeness (QED) is 0.873. The van der Waals surface area contributed by atoms with E-state index in [1.165, 1.54) is 6.07 Å². The van der Waals surface area contributed by atoms with Crippen LogP contribution in [-0.4, -0.2) is 11.9 Å². The summed E-state index contributed by atoms with van der Waals surface area (Å²) in [5, 5.41) is 5.06. The van der Waals surface area contributed by atoms with Crippen molar-refractivity contribution in [2.45, 2.75) is 0 Å². The average molecular weight is 327 g/mol. The van der Waals surface area contributed by atoms with Crippen LogP contribution in [0, 0.1) is 5.82 Å². The zero-order valence-electron chi connectivity index (χ0n) is 10.5. The highest BCUT2D eigenvalue weighted by molar-refractivity contribution is 6.34. The molecular weight excluding hydrogens is 318 g/mol. The lowest BCUT2D eigenvalue weighted by Gasteiger charge is -2.08. The molecule has 7 heteroatoms. The summed E-state index contributed by atoms with van der Waals surface area (Å²) < 4.78 is 13.1. The van der Waals surface area contributed by atoms with Crippen LogP contribution in [0.1, 0.15) is 10.4 Å². The Morgan fingerprint density at radius 2 is 1.67 bits per heavy atom. The number of hydrogen-bond acceptors (Lipinski definition) is 2. The molecule has 0 saturated carbocycles. The maximum Gasteiger partial charge on any atom is 0.326 e. The Balaban J connectivity index is 2.03. The molecule has 0 aliphatic heterocycles. The first-order valence-corrected chi connectivity index (χ1v) is 6.54. The zero-order valence-corrected chi connectivity index (χ0v) is 12.0. The number of rotatable bonds is 2. The lowest BCUT2D eigenvalue weighted by Crippen LogP contribution is -2.34. The van der Waals surface area contributed by atoms with Crippen molar-refractivity contribution in [2.24, 2.45) is 0 Å². The summed E-state index contributed by atoms with van der Waals surface area (Å²) >= 11 is 11.5. The van der Waals surface area contributed by atoms with Gasteiger partial charge in [0.25, 0.3) is 5.91 Å². The van der Waals surface area contributed by atoms with Crippen molar-refractivity contribution in [3.05, 3.63) is 63.9 Å². The molecule has 2 rings (SSSR count). The molecule has 0 fully saturated rings. The summed E-state index contributed by atoms with van der Waals surface area (Å²) in [5.41, 5.74) is 0.331. The molecule has 0 bridgehead atoms. The smallest absolute Gasteiger partial charge is 0.308 e. The van der Waals surface area contributed by atoms with Crippen LogP contribution in [-0.2, 0) is 0 Å². The Morgan fingerprint density at radius 1 is 1.00 bits per heavy atom. The Morgan fingerprint density at radius 3 is 2.33 bits per heavy atom. The summed E-state index contributed by atoms with van der Waals surface area (Å²) in [6.07, 6.45) is 0. The first-order valence-electron chi connectivity index (χ1n) is 5.78. The third-order valence-electron chi connectivity index (χ3n) is 2.50. The summed E-state index contributed by atoms with van der Waals surface area (Å²) in [6.45, 7) is 0. The molecule has 2 N–H and O–H groups in total. The van der Waals surface area contributed by atoms with E-state index in [-0.39, 0.29) is 10.6 Å². The number of imide groups is 1. The van der Waals surface area contributed by atoms with Gasteiger partial charge in [-0.25, -0.2) is 9.18 Å². The predicted octanol–water partition coefficient (Wildman–Crippen LogP) is 4.09. The fraction of sp³-hybridized carbons (Fsp3) is 0. The molecule has 0 aromatic heterocycles. The van der Waals surface area contributed by atoms with Crippen molar-refractivity contribution in [1.29, 1.82) is 0 Å². The van der Waals surface area contributed by atoms with Gasteiger partial charge in [-0.3, -0.25) is 10.1 Å². The molecule has 2 aromatic rings. The van der Waals surface area contributed by atoms with Crippen LogP contribution in [0.3, 0.4) is 0 Å². The first kappa shape index (κ1) is 15.3. The van der Waals surface area contributed by atoms with Crippen molar-refractivity contribution >= 4 is 40.8 Å². The van der Waals surface area contributed by atoms with Gasteiger partial charge in [-0.1, -0.05) is 23.2 Å². The largest absolute Gasteiger partial charge is 0.326 e. The molecule has 2 aromatic carbocycles. The number of urea groups is 1. The van der Waals surface area contributed by atoms with Crippen LogP contribution in [0.5, 0.6) is 0 Å². The SMILES string of the molecule is O=C(NC(=O)c1cc(F)ccc1Cl)Nc1ccc(Cl)cc1. The van der Waals surface area contributed by atoms with Gasteiger partial charge in [-0.05, 0) is 42.5 Å². The number of amides is 3. The minimum absolute atomic E-state index is 0.0493. The fourth-order valence-corrected chi connectivity index (χ4v) is 1.87. The lowest BCUT2D eigenvalue weighted by molar-refractivity contribution is 0.0967. The number of carbonyl (C=O) groups excluding carboxylic acids is 2. The second-order valence-corrected chi connectivity index (χ2v) is 4.88. The number of carbonyl (C=O) groups is 2. The third kappa shape index (κ3) is 4.18. The summed E-state index contributed by atoms with van der Waals surface area (Å²) in [4.78, 5) is 23.5. The van der Waals surface area contributed by atoms with Crippen LogP contribution in [0.15, 0.2) is 42.5 Å². The molecule has 0 saturated heterocycles. The second kappa shape index (κ2) is 6.56. The van der Waals surface area contributed by atoms with Crippen molar-refractivity contribution in [1.82, 2.24) is 5.32 Å². The standard InChI is InChI=1S/C14H9Cl2FN2O2/c15-8-1-4-10(5-2-8)18-14(21)19-13(20)11-7-9(17)3-6-12(11)16/h1-7H,(H2,18,19,20,21). The van der Waals surface area contributed by atoms with Gasteiger partial charge in [0.05, 0.1) is 10.6 Å². The lowest BCUT2D eigenvalue weighted by atomic mass is 10.2. The van der Waals surface area contributed by atoms with Crippen molar-refractivity contribution in [3.8, 4) is 0 Å². The van der Waals surface area contributed by atoms with Gasteiger partial charge in [0, 0.05) is 10.7 Å². The van der Waals surface area contributed by atoms with E-state index < -0.39 is 17.8 Å². The average Bonchev–Trinajstić information content (AvgIpc) is 2.44. The van der Waals surface area contributed by atoms with Crippen LogP contribution in [0.4, 0.5) is 14.9 Å². The molecule has 0 heterocycles. The zero-order chi connectivity index (χ0) is 15.4. The molecule has 0 atom stereocenters.